The Bertz CT molecular complexity index is 514. The molecule has 6 heteroatoms. The van der Waals surface area contributed by atoms with E-state index in [-0.39, 0.29) is 6.10 Å². The molecule has 2 aromatic rings. The van der Waals surface area contributed by atoms with Gasteiger partial charge in [-0.05, 0) is 34.1 Å². The summed E-state index contributed by atoms with van der Waals surface area (Å²) in [5, 5.41) is 4.24. The molecule has 0 unspecified atom stereocenters. The molecule has 0 aromatic carbocycles. The van der Waals surface area contributed by atoms with Gasteiger partial charge in [0.25, 0.3) is 0 Å². The molecule has 1 saturated heterocycles. The van der Waals surface area contributed by atoms with E-state index in [1.807, 2.05) is 23.1 Å². The Morgan fingerprint density at radius 3 is 3.16 bits per heavy atom. The maximum Gasteiger partial charge on any atom is 0.0898 e. The van der Waals surface area contributed by atoms with Crippen molar-refractivity contribution >= 4 is 27.3 Å². The predicted octanol–water partition coefficient (Wildman–Crippen LogP) is 2.61. The summed E-state index contributed by atoms with van der Waals surface area (Å²) in [6.07, 6.45) is 4.03. The van der Waals surface area contributed by atoms with Gasteiger partial charge in [0.2, 0.25) is 0 Å². The summed E-state index contributed by atoms with van der Waals surface area (Å²) >= 11 is 5.32. The average molecular weight is 342 g/mol. The van der Waals surface area contributed by atoms with Gasteiger partial charge in [-0.25, -0.2) is 0 Å². The van der Waals surface area contributed by atoms with Crippen molar-refractivity contribution in [3.8, 4) is 0 Å². The molecule has 1 fully saturated rings. The molecule has 4 nitrogen and oxygen atoms in total. The van der Waals surface area contributed by atoms with Crippen molar-refractivity contribution in [2.75, 3.05) is 19.7 Å². The van der Waals surface area contributed by atoms with E-state index in [2.05, 4.69) is 38.1 Å². The summed E-state index contributed by atoms with van der Waals surface area (Å²) in [5.74, 6) is 0. The molecule has 3 rings (SSSR count). The van der Waals surface area contributed by atoms with E-state index in [4.69, 9.17) is 4.74 Å². The molecule has 1 aliphatic heterocycles. The number of halogens is 1. The van der Waals surface area contributed by atoms with Crippen LogP contribution in [0.1, 0.15) is 4.88 Å². The molecule has 1 aliphatic rings. The first-order chi connectivity index (χ1) is 9.29. The zero-order valence-corrected chi connectivity index (χ0v) is 12.9. The van der Waals surface area contributed by atoms with Gasteiger partial charge in [0.05, 0.1) is 23.0 Å². The fraction of sp³-hybridized carbons (Fsp3) is 0.462. The third kappa shape index (κ3) is 3.66. The zero-order valence-electron chi connectivity index (χ0n) is 10.5. The van der Waals surface area contributed by atoms with Gasteiger partial charge in [0, 0.05) is 36.9 Å². The van der Waals surface area contributed by atoms with Crippen molar-refractivity contribution in [3.63, 3.8) is 0 Å². The summed E-state index contributed by atoms with van der Waals surface area (Å²) in [4.78, 5) is 3.85. The summed E-state index contributed by atoms with van der Waals surface area (Å²) in [7, 11) is 0. The van der Waals surface area contributed by atoms with Crippen LogP contribution in [0.3, 0.4) is 0 Å². The van der Waals surface area contributed by atoms with Gasteiger partial charge in [-0.2, -0.15) is 5.10 Å². The van der Waals surface area contributed by atoms with E-state index < -0.39 is 0 Å². The maximum atomic E-state index is 5.82. The first-order valence-electron chi connectivity index (χ1n) is 6.35. The van der Waals surface area contributed by atoms with Crippen molar-refractivity contribution < 1.29 is 4.74 Å². The second-order valence-electron chi connectivity index (χ2n) is 4.66. The normalized spacial score (nSPS) is 20.8. The van der Waals surface area contributed by atoms with E-state index in [9.17, 15) is 0 Å². The minimum absolute atomic E-state index is 0.233. The Labute approximate surface area is 125 Å². The molecule has 19 heavy (non-hydrogen) atoms. The average Bonchev–Trinajstić information content (AvgIpc) is 3.02. The lowest BCUT2D eigenvalue weighted by Crippen LogP contribution is -2.43. The topological polar surface area (TPSA) is 30.3 Å². The summed E-state index contributed by atoms with van der Waals surface area (Å²) < 4.78 is 8.95. The molecule has 0 saturated carbocycles. The fourth-order valence-corrected chi connectivity index (χ4v) is 3.83. The summed E-state index contributed by atoms with van der Waals surface area (Å²) in [6.45, 7) is 4.62. The van der Waals surface area contributed by atoms with Crippen LogP contribution in [0, 0.1) is 0 Å². The molecule has 0 spiro atoms. The number of hydrogen-bond donors (Lipinski definition) is 0. The molecule has 0 aliphatic carbocycles. The smallest absolute Gasteiger partial charge is 0.0898 e. The first kappa shape index (κ1) is 13.3. The Hall–Kier alpha value is -0.690. The minimum Gasteiger partial charge on any atom is -0.374 e. The lowest BCUT2D eigenvalue weighted by Gasteiger charge is -2.32. The number of rotatable bonds is 4. The van der Waals surface area contributed by atoms with Gasteiger partial charge in [0.15, 0.2) is 0 Å². The Morgan fingerprint density at radius 1 is 1.47 bits per heavy atom. The predicted molar refractivity (Wildman–Crippen MR) is 79.3 cm³/mol. The number of aromatic nitrogens is 2. The van der Waals surface area contributed by atoms with Crippen molar-refractivity contribution in [3.05, 3.63) is 39.3 Å². The molecule has 0 radical (unpaired) electrons. The molecule has 0 N–H and O–H groups in total. The van der Waals surface area contributed by atoms with Crippen LogP contribution >= 0.6 is 27.3 Å². The highest BCUT2D eigenvalue weighted by molar-refractivity contribution is 9.11. The Morgan fingerprint density at radius 2 is 2.42 bits per heavy atom. The quantitative estimate of drug-likeness (QED) is 0.856. The zero-order chi connectivity index (χ0) is 13.1. The first-order valence-corrected chi connectivity index (χ1v) is 7.96. The molecular formula is C13H16BrN3OS. The van der Waals surface area contributed by atoms with E-state index in [1.165, 1.54) is 8.66 Å². The van der Waals surface area contributed by atoms with Crippen molar-refractivity contribution in [2.24, 2.45) is 0 Å². The van der Waals surface area contributed by atoms with Crippen molar-refractivity contribution in [1.29, 1.82) is 0 Å². The number of thiophene rings is 1. The summed E-state index contributed by atoms with van der Waals surface area (Å²) in [6, 6.07) is 6.25. The van der Waals surface area contributed by atoms with Crippen molar-refractivity contribution in [2.45, 2.75) is 19.2 Å². The largest absolute Gasteiger partial charge is 0.374 e. The van der Waals surface area contributed by atoms with Gasteiger partial charge in [-0.3, -0.25) is 9.58 Å². The van der Waals surface area contributed by atoms with Crippen molar-refractivity contribution in [1.82, 2.24) is 14.7 Å². The van der Waals surface area contributed by atoms with E-state index >= 15 is 0 Å². The third-order valence-corrected chi connectivity index (χ3v) is 4.79. The number of nitrogens with zero attached hydrogens (tertiary/aromatic N) is 3. The Kier molecular flexibility index (Phi) is 4.32. The number of hydrogen-bond acceptors (Lipinski definition) is 4. The van der Waals surface area contributed by atoms with Crippen LogP contribution in [0.5, 0.6) is 0 Å². The van der Waals surface area contributed by atoms with E-state index in [0.717, 1.165) is 32.8 Å². The van der Waals surface area contributed by atoms with E-state index in [0.29, 0.717) is 0 Å². The summed E-state index contributed by atoms with van der Waals surface area (Å²) in [5.41, 5.74) is 0. The molecule has 0 bridgehead atoms. The lowest BCUT2D eigenvalue weighted by atomic mass is 10.2. The highest BCUT2D eigenvalue weighted by Crippen LogP contribution is 2.24. The molecular weight excluding hydrogens is 326 g/mol. The van der Waals surface area contributed by atoms with Gasteiger partial charge in [-0.1, -0.05) is 0 Å². The number of ether oxygens (including phenoxy) is 1. The minimum atomic E-state index is 0.233. The molecule has 3 heterocycles. The van der Waals surface area contributed by atoms with Crippen LogP contribution in [-0.2, 0) is 17.8 Å². The second-order valence-corrected chi connectivity index (χ2v) is 7.21. The Balaban J connectivity index is 1.55. The molecule has 1 atom stereocenters. The molecule has 2 aromatic heterocycles. The van der Waals surface area contributed by atoms with E-state index in [1.54, 1.807) is 11.3 Å². The SMILES string of the molecule is Brc1ccc(CN2CCO[C@H](Cn3cccn3)C2)s1. The fourth-order valence-electron chi connectivity index (χ4n) is 2.31. The van der Waals surface area contributed by atoms with Crippen LogP contribution in [-0.4, -0.2) is 40.5 Å². The van der Waals surface area contributed by atoms with Gasteiger partial charge in [-0.15, -0.1) is 11.3 Å². The van der Waals surface area contributed by atoms with Crippen LogP contribution in [0.2, 0.25) is 0 Å². The van der Waals surface area contributed by atoms with Gasteiger partial charge in [0.1, 0.15) is 0 Å². The van der Waals surface area contributed by atoms with Crippen LogP contribution in [0.4, 0.5) is 0 Å². The second kappa shape index (κ2) is 6.17. The highest BCUT2D eigenvalue weighted by atomic mass is 79.9. The van der Waals surface area contributed by atoms with Crippen LogP contribution in [0.15, 0.2) is 34.4 Å². The third-order valence-electron chi connectivity index (χ3n) is 3.18. The van der Waals surface area contributed by atoms with Gasteiger partial charge >= 0.3 is 0 Å². The van der Waals surface area contributed by atoms with Crippen LogP contribution < -0.4 is 0 Å². The monoisotopic (exact) mass is 341 g/mol. The lowest BCUT2D eigenvalue weighted by molar-refractivity contribution is -0.0399. The highest BCUT2D eigenvalue weighted by Gasteiger charge is 2.21. The molecule has 0 amide bonds. The molecule has 102 valence electrons. The van der Waals surface area contributed by atoms with Crippen LogP contribution in [0.25, 0.3) is 0 Å². The number of morpholine rings is 1. The maximum absolute atomic E-state index is 5.82. The van der Waals surface area contributed by atoms with Gasteiger partial charge < -0.3 is 4.74 Å². The standard InChI is InChI=1S/C13H16BrN3OS/c14-13-3-2-12(19-13)10-16-6-7-18-11(8-16)9-17-5-1-4-15-17/h1-5,11H,6-10H2/t11-/m0/s1.